The maximum absolute atomic E-state index is 6.36. The Morgan fingerprint density at radius 3 is 3.04 bits per heavy atom. The second-order valence-corrected chi connectivity index (χ2v) is 8.69. The summed E-state index contributed by atoms with van der Waals surface area (Å²) in [4.78, 5) is 8.34. The lowest BCUT2D eigenvalue weighted by Crippen LogP contribution is -2.44. The van der Waals surface area contributed by atoms with Crippen LogP contribution in [0.3, 0.4) is 0 Å². The Morgan fingerprint density at radius 2 is 2.11 bits per heavy atom. The maximum Gasteiger partial charge on any atom is 0.231 e. The van der Waals surface area contributed by atoms with Gasteiger partial charge in [-0.15, -0.1) is 11.3 Å². The monoisotopic (exact) mass is 395 g/mol. The molecule has 0 amide bonds. The van der Waals surface area contributed by atoms with Gasteiger partial charge in [0.15, 0.2) is 11.5 Å². The van der Waals surface area contributed by atoms with E-state index in [1.807, 2.05) is 12.3 Å². The largest absolute Gasteiger partial charge is 0.454 e. The third kappa shape index (κ3) is 2.73. The summed E-state index contributed by atoms with van der Waals surface area (Å²) in [5.41, 5.74) is 2.33. The fourth-order valence-corrected chi connectivity index (χ4v) is 5.23. The molecule has 6 rings (SSSR count). The van der Waals surface area contributed by atoms with Crippen molar-refractivity contribution < 1.29 is 14.2 Å². The molecule has 1 aromatic carbocycles. The number of rotatable bonds is 3. The minimum atomic E-state index is -0.129. The van der Waals surface area contributed by atoms with Crippen molar-refractivity contribution >= 4 is 11.3 Å². The molecule has 1 saturated heterocycles. The Labute approximate surface area is 167 Å². The number of likely N-dealkylation sites (tertiary alicyclic amines) is 1. The van der Waals surface area contributed by atoms with E-state index in [0.717, 1.165) is 49.9 Å². The lowest BCUT2D eigenvalue weighted by Gasteiger charge is -2.35. The summed E-state index contributed by atoms with van der Waals surface area (Å²) in [6.07, 6.45) is 3.03. The molecule has 7 heteroatoms. The average molecular weight is 395 g/mol. The number of aromatic nitrogens is 2. The molecule has 28 heavy (non-hydrogen) atoms. The van der Waals surface area contributed by atoms with Crippen molar-refractivity contribution in [1.82, 2.24) is 14.5 Å². The summed E-state index contributed by atoms with van der Waals surface area (Å²) in [6, 6.07) is 10.5. The number of benzene rings is 1. The number of imidazole rings is 1. The van der Waals surface area contributed by atoms with Gasteiger partial charge in [-0.2, -0.15) is 0 Å². The van der Waals surface area contributed by atoms with Crippen LogP contribution in [0, 0.1) is 0 Å². The second kappa shape index (κ2) is 6.34. The van der Waals surface area contributed by atoms with Crippen LogP contribution in [-0.2, 0) is 24.4 Å². The van der Waals surface area contributed by atoms with Crippen molar-refractivity contribution in [3.63, 3.8) is 0 Å². The first-order chi connectivity index (χ1) is 13.8. The minimum Gasteiger partial charge on any atom is -0.454 e. The molecule has 2 aromatic heterocycles. The Morgan fingerprint density at radius 1 is 1.14 bits per heavy atom. The smallest absolute Gasteiger partial charge is 0.231 e. The molecule has 5 heterocycles. The van der Waals surface area contributed by atoms with Crippen LogP contribution in [0.4, 0.5) is 0 Å². The highest BCUT2D eigenvalue weighted by Crippen LogP contribution is 2.37. The van der Waals surface area contributed by atoms with Crippen LogP contribution >= 0.6 is 11.3 Å². The van der Waals surface area contributed by atoms with Crippen LogP contribution in [0.25, 0.3) is 10.6 Å². The standard InChI is InChI=1S/C21H21N3O3S/c1-2-19(28-7-1)16-9-22-20-11-27-21(13-24(16)20)5-6-23(12-21)10-15-3-4-17-18(8-15)26-14-25-17/h1-4,7-9H,5-6,10-14H2/t21-/m0/s1. The van der Waals surface area contributed by atoms with Crippen molar-refractivity contribution in [1.29, 1.82) is 0 Å². The Hall–Kier alpha value is -2.35. The first kappa shape index (κ1) is 16.6. The third-order valence-electron chi connectivity index (χ3n) is 5.90. The van der Waals surface area contributed by atoms with E-state index < -0.39 is 0 Å². The number of fused-ring (bicyclic) bond motifs is 2. The predicted octanol–water partition coefficient (Wildman–Crippen LogP) is 3.52. The Kier molecular flexibility index (Phi) is 3.75. The predicted molar refractivity (Wildman–Crippen MR) is 106 cm³/mol. The zero-order chi connectivity index (χ0) is 18.6. The molecule has 3 aliphatic rings. The van der Waals surface area contributed by atoms with Gasteiger partial charge in [0.2, 0.25) is 6.79 Å². The first-order valence-corrected chi connectivity index (χ1v) is 10.5. The minimum absolute atomic E-state index is 0.129. The van der Waals surface area contributed by atoms with Gasteiger partial charge in [-0.05, 0) is 35.6 Å². The zero-order valence-electron chi connectivity index (χ0n) is 15.5. The molecule has 0 N–H and O–H groups in total. The molecule has 0 saturated carbocycles. The number of ether oxygens (including phenoxy) is 3. The first-order valence-electron chi connectivity index (χ1n) is 9.61. The highest BCUT2D eigenvalue weighted by atomic mass is 32.1. The van der Waals surface area contributed by atoms with Gasteiger partial charge in [-0.1, -0.05) is 12.1 Å². The Balaban J connectivity index is 1.20. The van der Waals surface area contributed by atoms with Crippen molar-refractivity contribution in [2.45, 2.75) is 31.7 Å². The highest BCUT2D eigenvalue weighted by molar-refractivity contribution is 7.13. The molecule has 1 atom stereocenters. The molecule has 0 aliphatic carbocycles. The lowest BCUT2D eigenvalue weighted by atomic mass is 10.0. The van der Waals surface area contributed by atoms with E-state index in [1.54, 1.807) is 11.3 Å². The molecule has 3 aliphatic heterocycles. The summed E-state index contributed by atoms with van der Waals surface area (Å²) in [5.74, 6) is 2.72. The van der Waals surface area contributed by atoms with Gasteiger partial charge in [-0.3, -0.25) is 4.90 Å². The fourth-order valence-electron chi connectivity index (χ4n) is 4.48. The molecular formula is C21H21N3O3S. The highest BCUT2D eigenvalue weighted by Gasteiger charge is 2.43. The van der Waals surface area contributed by atoms with Gasteiger partial charge < -0.3 is 18.8 Å². The molecule has 6 nitrogen and oxygen atoms in total. The topological polar surface area (TPSA) is 48.8 Å². The molecule has 1 fully saturated rings. The molecule has 0 bridgehead atoms. The third-order valence-corrected chi connectivity index (χ3v) is 6.80. The van der Waals surface area contributed by atoms with Gasteiger partial charge in [0, 0.05) is 19.6 Å². The summed E-state index contributed by atoms with van der Waals surface area (Å²) < 4.78 is 19.7. The van der Waals surface area contributed by atoms with Crippen LogP contribution in [0.2, 0.25) is 0 Å². The van der Waals surface area contributed by atoms with Gasteiger partial charge in [-0.25, -0.2) is 4.98 Å². The number of nitrogens with zero attached hydrogens (tertiary/aromatic N) is 3. The summed E-state index contributed by atoms with van der Waals surface area (Å²) in [7, 11) is 0. The molecule has 1 spiro atoms. The molecule has 0 radical (unpaired) electrons. The van der Waals surface area contributed by atoms with E-state index in [2.05, 4.69) is 44.1 Å². The van der Waals surface area contributed by atoms with E-state index in [1.165, 1.54) is 16.1 Å². The van der Waals surface area contributed by atoms with Crippen LogP contribution in [0.15, 0.2) is 41.9 Å². The quantitative estimate of drug-likeness (QED) is 0.679. The summed E-state index contributed by atoms with van der Waals surface area (Å²) >= 11 is 1.76. The Bertz CT molecular complexity index is 1020. The molecule has 0 unspecified atom stereocenters. The van der Waals surface area contributed by atoms with Crippen LogP contribution in [-0.4, -0.2) is 39.9 Å². The van der Waals surface area contributed by atoms with Crippen LogP contribution in [0.5, 0.6) is 11.5 Å². The number of thiophene rings is 1. The van der Waals surface area contributed by atoms with Crippen molar-refractivity contribution in [3.8, 4) is 22.1 Å². The number of hydrogen-bond acceptors (Lipinski definition) is 6. The van der Waals surface area contributed by atoms with Gasteiger partial charge >= 0.3 is 0 Å². The van der Waals surface area contributed by atoms with Crippen molar-refractivity contribution in [3.05, 3.63) is 53.3 Å². The SMILES string of the molecule is c1csc(-c2cnc3n2C[C@@]2(CCN(Cc4ccc5c(c4)OCO5)C2)OC3)c1. The van der Waals surface area contributed by atoms with Gasteiger partial charge in [0.05, 0.1) is 23.3 Å². The normalized spacial score (nSPS) is 23.4. The molecular weight excluding hydrogens is 374 g/mol. The average Bonchev–Trinajstić information content (AvgIpc) is 3.48. The maximum atomic E-state index is 6.36. The van der Waals surface area contributed by atoms with E-state index >= 15 is 0 Å². The van der Waals surface area contributed by atoms with E-state index in [0.29, 0.717) is 13.4 Å². The fraction of sp³-hybridized carbons (Fsp3) is 0.381. The van der Waals surface area contributed by atoms with E-state index in [9.17, 15) is 0 Å². The van der Waals surface area contributed by atoms with Gasteiger partial charge in [0.25, 0.3) is 0 Å². The van der Waals surface area contributed by atoms with E-state index in [4.69, 9.17) is 14.2 Å². The van der Waals surface area contributed by atoms with E-state index in [-0.39, 0.29) is 5.60 Å². The summed E-state index contributed by atoms with van der Waals surface area (Å²) in [5, 5.41) is 2.12. The van der Waals surface area contributed by atoms with Crippen LogP contribution in [0.1, 0.15) is 17.8 Å². The zero-order valence-corrected chi connectivity index (χ0v) is 16.3. The lowest BCUT2D eigenvalue weighted by molar-refractivity contribution is -0.0821. The number of hydrogen-bond donors (Lipinski definition) is 0. The summed E-state index contributed by atoms with van der Waals surface area (Å²) in [6.45, 7) is 4.64. The van der Waals surface area contributed by atoms with Crippen LogP contribution < -0.4 is 9.47 Å². The van der Waals surface area contributed by atoms with Gasteiger partial charge in [0.1, 0.15) is 18.0 Å². The van der Waals surface area contributed by atoms with Crippen molar-refractivity contribution in [2.24, 2.45) is 0 Å². The molecule has 144 valence electrons. The van der Waals surface area contributed by atoms with Crippen molar-refractivity contribution in [2.75, 3.05) is 19.9 Å². The second-order valence-electron chi connectivity index (χ2n) is 7.74. The molecule has 3 aromatic rings.